The van der Waals surface area contributed by atoms with E-state index in [4.69, 9.17) is 4.74 Å². The van der Waals surface area contributed by atoms with Crippen molar-refractivity contribution in [3.05, 3.63) is 23.8 Å². The molecule has 2 aromatic rings. The summed E-state index contributed by atoms with van der Waals surface area (Å²) in [6.45, 7) is 1.71. The van der Waals surface area contributed by atoms with E-state index >= 15 is 0 Å². The molecule has 1 aromatic heterocycles. The number of hydrogen-bond donors (Lipinski definition) is 1. The van der Waals surface area contributed by atoms with Crippen LogP contribution in [-0.2, 0) is 7.05 Å². The summed E-state index contributed by atoms with van der Waals surface area (Å²) >= 11 is 1.39. The number of aryl methyl sites for hydroxylation is 1. The maximum atomic E-state index is 9.86. The number of hydrogen-bond acceptors (Lipinski definition) is 6. The Morgan fingerprint density at radius 1 is 1.44 bits per heavy atom. The van der Waals surface area contributed by atoms with E-state index in [0.29, 0.717) is 10.9 Å². The summed E-state index contributed by atoms with van der Waals surface area (Å²) < 4.78 is 6.84. The molecular weight excluding hydrogens is 252 g/mol. The van der Waals surface area contributed by atoms with Gasteiger partial charge in [0.05, 0.1) is 13.2 Å². The van der Waals surface area contributed by atoms with E-state index in [9.17, 15) is 5.11 Å². The Balaban J connectivity index is 2.41. The number of benzene rings is 1. The standard InChI is InChI=1S/C11H14N4O2S/c1-7(16)10-8(17-3)5-4-6-9(10)18-11-12-13-14-15(11)2/h4-7,16H,1-3H3/t7-/m0/s1. The van der Waals surface area contributed by atoms with Gasteiger partial charge in [0.1, 0.15) is 5.75 Å². The van der Waals surface area contributed by atoms with Crippen LogP contribution in [0.2, 0.25) is 0 Å². The van der Waals surface area contributed by atoms with Gasteiger partial charge in [-0.1, -0.05) is 6.07 Å². The van der Waals surface area contributed by atoms with Crippen molar-refractivity contribution in [1.82, 2.24) is 20.2 Å². The van der Waals surface area contributed by atoms with Crippen LogP contribution in [0.3, 0.4) is 0 Å². The third kappa shape index (κ3) is 2.46. The van der Waals surface area contributed by atoms with Crippen molar-refractivity contribution >= 4 is 11.8 Å². The first-order valence-electron chi connectivity index (χ1n) is 5.38. The lowest BCUT2D eigenvalue weighted by molar-refractivity contribution is 0.191. The molecular formula is C11H14N4O2S. The molecule has 0 aliphatic rings. The largest absolute Gasteiger partial charge is 0.496 e. The molecule has 0 saturated carbocycles. The summed E-state index contributed by atoms with van der Waals surface area (Å²) in [6.07, 6.45) is -0.621. The number of tetrazole rings is 1. The molecule has 1 aromatic carbocycles. The van der Waals surface area contributed by atoms with Crippen LogP contribution in [0.15, 0.2) is 28.3 Å². The zero-order valence-electron chi connectivity index (χ0n) is 10.4. The SMILES string of the molecule is COc1cccc(Sc2nnnn2C)c1[C@H](C)O. The molecule has 6 nitrogen and oxygen atoms in total. The summed E-state index contributed by atoms with van der Waals surface area (Å²) in [6, 6.07) is 5.60. The van der Waals surface area contributed by atoms with Gasteiger partial charge in [0.15, 0.2) is 0 Å². The summed E-state index contributed by atoms with van der Waals surface area (Å²) in [7, 11) is 3.35. The Kier molecular flexibility index (Phi) is 3.83. The second kappa shape index (κ2) is 5.36. The van der Waals surface area contributed by atoms with E-state index in [1.54, 1.807) is 25.8 Å². The Morgan fingerprint density at radius 2 is 2.22 bits per heavy atom. The summed E-state index contributed by atoms with van der Waals surface area (Å²) in [5, 5.41) is 21.8. The first-order chi connectivity index (χ1) is 8.63. The molecule has 1 atom stereocenters. The molecule has 0 unspecified atom stereocenters. The molecule has 0 saturated heterocycles. The predicted octanol–water partition coefficient (Wildman–Crippen LogP) is 1.42. The highest BCUT2D eigenvalue weighted by Gasteiger charge is 2.16. The Bertz CT molecular complexity index is 542. The quantitative estimate of drug-likeness (QED) is 0.902. The lowest BCUT2D eigenvalue weighted by Crippen LogP contribution is -2.00. The maximum absolute atomic E-state index is 9.86. The van der Waals surface area contributed by atoms with Crippen molar-refractivity contribution < 1.29 is 9.84 Å². The van der Waals surface area contributed by atoms with E-state index in [1.807, 2.05) is 18.2 Å². The lowest BCUT2D eigenvalue weighted by Gasteiger charge is -2.14. The van der Waals surface area contributed by atoms with E-state index in [1.165, 1.54) is 11.8 Å². The molecule has 7 heteroatoms. The molecule has 1 N–H and O–H groups in total. The molecule has 0 fully saturated rings. The van der Waals surface area contributed by atoms with Gasteiger partial charge in [-0.2, -0.15) is 0 Å². The van der Waals surface area contributed by atoms with Gasteiger partial charge in [-0.25, -0.2) is 4.68 Å². The van der Waals surface area contributed by atoms with Crippen molar-refractivity contribution in [2.24, 2.45) is 7.05 Å². The highest BCUT2D eigenvalue weighted by Crippen LogP contribution is 2.37. The monoisotopic (exact) mass is 266 g/mol. The number of methoxy groups -OCH3 is 1. The van der Waals surface area contributed by atoms with Crippen LogP contribution < -0.4 is 4.74 Å². The molecule has 0 spiro atoms. The fourth-order valence-electron chi connectivity index (χ4n) is 1.61. The Hall–Kier alpha value is -1.60. The zero-order chi connectivity index (χ0) is 13.1. The van der Waals surface area contributed by atoms with Crippen LogP contribution in [0, 0.1) is 0 Å². The fraction of sp³-hybridized carbons (Fsp3) is 0.364. The van der Waals surface area contributed by atoms with Crippen LogP contribution in [0.1, 0.15) is 18.6 Å². The number of ether oxygens (including phenoxy) is 1. The van der Waals surface area contributed by atoms with E-state index < -0.39 is 6.10 Å². The van der Waals surface area contributed by atoms with Crippen LogP contribution in [-0.4, -0.2) is 32.4 Å². The van der Waals surface area contributed by atoms with Gasteiger partial charge in [-0.3, -0.25) is 0 Å². The van der Waals surface area contributed by atoms with Gasteiger partial charge in [-0.15, -0.1) is 5.10 Å². The topological polar surface area (TPSA) is 73.1 Å². The number of aliphatic hydroxyl groups excluding tert-OH is 1. The minimum Gasteiger partial charge on any atom is -0.496 e. The van der Waals surface area contributed by atoms with E-state index in [2.05, 4.69) is 15.5 Å². The van der Waals surface area contributed by atoms with Crippen molar-refractivity contribution in [1.29, 1.82) is 0 Å². The Labute approximate surface area is 109 Å². The average molecular weight is 266 g/mol. The van der Waals surface area contributed by atoms with Crippen LogP contribution in [0.25, 0.3) is 0 Å². The molecule has 0 aliphatic carbocycles. The maximum Gasteiger partial charge on any atom is 0.213 e. The molecule has 0 bridgehead atoms. The molecule has 0 amide bonds. The summed E-state index contributed by atoms with van der Waals surface area (Å²) in [4.78, 5) is 0.877. The third-order valence-corrected chi connectivity index (χ3v) is 3.55. The second-order valence-corrected chi connectivity index (χ2v) is 4.74. The van der Waals surface area contributed by atoms with Crippen molar-refractivity contribution in [3.8, 4) is 5.75 Å². The molecule has 96 valence electrons. The average Bonchev–Trinajstić information content (AvgIpc) is 2.74. The van der Waals surface area contributed by atoms with Crippen LogP contribution >= 0.6 is 11.8 Å². The van der Waals surface area contributed by atoms with Gasteiger partial charge in [0, 0.05) is 17.5 Å². The number of aliphatic hydroxyl groups is 1. The molecule has 1 heterocycles. The molecule has 0 aliphatic heterocycles. The number of nitrogens with zero attached hydrogens (tertiary/aromatic N) is 4. The van der Waals surface area contributed by atoms with Gasteiger partial charge in [-0.05, 0) is 41.2 Å². The first-order valence-corrected chi connectivity index (χ1v) is 6.20. The third-order valence-electron chi connectivity index (χ3n) is 2.45. The molecule has 0 radical (unpaired) electrons. The van der Waals surface area contributed by atoms with E-state index in [0.717, 1.165) is 10.5 Å². The zero-order valence-corrected chi connectivity index (χ0v) is 11.2. The predicted molar refractivity (Wildman–Crippen MR) is 66.5 cm³/mol. The second-order valence-electron chi connectivity index (χ2n) is 3.74. The Morgan fingerprint density at radius 3 is 2.78 bits per heavy atom. The minimum absolute atomic E-state index is 0.621. The summed E-state index contributed by atoms with van der Waals surface area (Å²) in [5.41, 5.74) is 0.744. The van der Waals surface area contributed by atoms with Gasteiger partial charge >= 0.3 is 0 Å². The molecule has 18 heavy (non-hydrogen) atoms. The highest BCUT2D eigenvalue weighted by molar-refractivity contribution is 7.99. The van der Waals surface area contributed by atoms with Crippen molar-refractivity contribution in [3.63, 3.8) is 0 Å². The van der Waals surface area contributed by atoms with Crippen LogP contribution in [0.5, 0.6) is 5.75 Å². The van der Waals surface area contributed by atoms with Crippen LogP contribution in [0.4, 0.5) is 0 Å². The van der Waals surface area contributed by atoms with Gasteiger partial charge in [0.25, 0.3) is 0 Å². The first kappa shape index (κ1) is 12.8. The van der Waals surface area contributed by atoms with Crippen molar-refractivity contribution in [2.45, 2.75) is 23.1 Å². The van der Waals surface area contributed by atoms with Gasteiger partial charge in [0.2, 0.25) is 5.16 Å². The molecule has 2 rings (SSSR count). The van der Waals surface area contributed by atoms with Crippen molar-refractivity contribution in [2.75, 3.05) is 7.11 Å². The minimum atomic E-state index is -0.621. The normalized spacial score (nSPS) is 12.4. The number of aromatic nitrogens is 4. The smallest absolute Gasteiger partial charge is 0.213 e. The highest BCUT2D eigenvalue weighted by atomic mass is 32.2. The lowest BCUT2D eigenvalue weighted by atomic mass is 10.1. The fourth-order valence-corrected chi connectivity index (χ4v) is 2.58. The van der Waals surface area contributed by atoms with E-state index in [-0.39, 0.29) is 0 Å². The number of rotatable bonds is 4. The summed E-state index contributed by atoms with van der Waals surface area (Å²) in [5.74, 6) is 0.658. The van der Waals surface area contributed by atoms with Gasteiger partial charge < -0.3 is 9.84 Å².